The molecule has 1 N–H and O–H groups in total. The first-order chi connectivity index (χ1) is 6.76. The van der Waals surface area contributed by atoms with E-state index >= 15 is 0 Å². The van der Waals surface area contributed by atoms with E-state index in [2.05, 4.69) is 26.1 Å². The molecule has 0 aromatic carbocycles. The number of ether oxygens (including phenoxy) is 1. The molecular weight excluding hydrogens is 174 g/mol. The van der Waals surface area contributed by atoms with Crippen molar-refractivity contribution in [3.8, 4) is 0 Å². The molecule has 0 bridgehead atoms. The Kier molecular flexibility index (Phi) is 4.90. The Labute approximate surface area is 88.4 Å². The summed E-state index contributed by atoms with van der Waals surface area (Å²) < 4.78 is 5.93. The average Bonchev–Trinajstić information content (AvgIpc) is 2.26. The summed E-state index contributed by atoms with van der Waals surface area (Å²) in [5.41, 5.74) is 0.170. The predicted molar refractivity (Wildman–Crippen MR) is 60.6 cm³/mol. The van der Waals surface area contributed by atoms with Crippen LogP contribution in [0.25, 0.3) is 0 Å². The highest BCUT2D eigenvalue weighted by molar-refractivity contribution is 4.87. The van der Waals surface area contributed by atoms with Crippen LogP contribution in [0, 0.1) is 0 Å². The molecule has 0 aromatic rings. The van der Waals surface area contributed by atoms with Crippen LogP contribution >= 0.6 is 0 Å². The summed E-state index contributed by atoms with van der Waals surface area (Å²) in [5, 5.41) is 3.61. The maximum absolute atomic E-state index is 5.93. The van der Waals surface area contributed by atoms with E-state index in [9.17, 15) is 0 Å². The first kappa shape index (κ1) is 12.0. The van der Waals surface area contributed by atoms with Crippen LogP contribution in [0.15, 0.2) is 0 Å². The lowest BCUT2D eigenvalue weighted by Crippen LogP contribution is -2.46. The SMILES string of the molecule is CCCNC1CCOC(CC)(CC)C1. The molecule has 0 spiro atoms. The molecule has 1 fully saturated rings. The van der Waals surface area contributed by atoms with Gasteiger partial charge in [-0.1, -0.05) is 20.8 Å². The number of rotatable bonds is 5. The smallest absolute Gasteiger partial charge is 0.0692 e. The Bertz CT molecular complexity index is 154. The standard InChI is InChI=1S/C12H25NO/c1-4-8-13-11-7-9-14-12(5-2,6-3)10-11/h11,13H,4-10H2,1-3H3. The lowest BCUT2D eigenvalue weighted by molar-refractivity contribution is -0.0929. The van der Waals surface area contributed by atoms with Gasteiger partial charge in [0.05, 0.1) is 5.60 Å². The van der Waals surface area contributed by atoms with E-state index in [1.807, 2.05) is 0 Å². The monoisotopic (exact) mass is 199 g/mol. The van der Waals surface area contributed by atoms with Crippen molar-refractivity contribution < 1.29 is 4.74 Å². The maximum Gasteiger partial charge on any atom is 0.0692 e. The van der Waals surface area contributed by atoms with Crippen LogP contribution in [-0.4, -0.2) is 24.8 Å². The van der Waals surface area contributed by atoms with Gasteiger partial charge in [-0.05, 0) is 38.6 Å². The number of hydrogen-bond acceptors (Lipinski definition) is 2. The van der Waals surface area contributed by atoms with Gasteiger partial charge in [0, 0.05) is 12.6 Å². The van der Waals surface area contributed by atoms with Crippen LogP contribution in [0.5, 0.6) is 0 Å². The molecule has 1 aliphatic rings. The van der Waals surface area contributed by atoms with Crippen molar-refractivity contribution in [1.29, 1.82) is 0 Å². The third kappa shape index (κ3) is 2.96. The molecule has 1 rings (SSSR count). The summed E-state index contributed by atoms with van der Waals surface area (Å²) in [6, 6.07) is 0.684. The highest BCUT2D eigenvalue weighted by atomic mass is 16.5. The summed E-state index contributed by atoms with van der Waals surface area (Å²) in [5.74, 6) is 0. The minimum atomic E-state index is 0.170. The first-order valence-electron chi connectivity index (χ1n) is 6.13. The Balaban J connectivity index is 2.41. The minimum absolute atomic E-state index is 0.170. The lowest BCUT2D eigenvalue weighted by Gasteiger charge is -2.40. The number of nitrogens with one attached hydrogen (secondary N) is 1. The number of hydrogen-bond donors (Lipinski definition) is 1. The molecule has 2 heteroatoms. The topological polar surface area (TPSA) is 21.3 Å². The quantitative estimate of drug-likeness (QED) is 0.735. The van der Waals surface area contributed by atoms with Crippen LogP contribution in [0.1, 0.15) is 52.9 Å². The van der Waals surface area contributed by atoms with Gasteiger partial charge in [-0.2, -0.15) is 0 Å². The van der Waals surface area contributed by atoms with E-state index in [0.717, 1.165) is 26.0 Å². The summed E-state index contributed by atoms with van der Waals surface area (Å²) in [7, 11) is 0. The zero-order valence-corrected chi connectivity index (χ0v) is 9.94. The normalized spacial score (nSPS) is 26.4. The fraction of sp³-hybridized carbons (Fsp3) is 1.00. The van der Waals surface area contributed by atoms with Crippen molar-refractivity contribution in [2.75, 3.05) is 13.2 Å². The summed E-state index contributed by atoms with van der Waals surface area (Å²) in [4.78, 5) is 0. The van der Waals surface area contributed by atoms with Gasteiger partial charge in [0.1, 0.15) is 0 Å². The molecule has 1 heterocycles. The Morgan fingerprint density at radius 3 is 2.57 bits per heavy atom. The third-order valence-corrected chi connectivity index (χ3v) is 3.46. The second-order valence-corrected chi connectivity index (χ2v) is 4.38. The van der Waals surface area contributed by atoms with Crippen molar-refractivity contribution in [1.82, 2.24) is 5.32 Å². The van der Waals surface area contributed by atoms with Gasteiger partial charge < -0.3 is 10.1 Å². The Morgan fingerprint density at radius 2 is 2.00 bits per heavy atom. The van der Waals surface area contributed by atoms with Crippen molar-refractivity contribution in [2.24, 2.45) is 0 Å². The molecule has 1 unspecified atom stereocenters. The molecule has 1 atom stereocenters. The van der Waals surface area contributed by atoms with Crippen LogP contribution in [0.3, 0.4) is 0 Å². The fourth-order valence-corrected chi connectivity index (χ4v) is 2.29. The average molecular weight is 199 g/mol. The second-order valence-electron chi connectivity index (χ2n) is 4.38. The van der Waals surface area contributed by atoms with Crippen LogP contribution in [0.4, 0.5) is 0 Å². The van der Waals surface area contributed by atoms with E-state index < -0.39 is 0 Å². The van der Waals surface area contributed by atoms with Gasteiger partial charge in [-0.25, -0.2) is 0 Å². The van der Waals surface area contributed by atoms with Crippen LogP contribution in [0.2, 0.25) is 0 Å². The van der Waals surface area contributed by atoms with Gasteiger partial charge in [0.25, 0.3) is 0 Å². The second kappa shape index (κ2) is 5.72. The Hall–Kier alpha value is -0.0800. The molecular formula is C12H25NO. The van der Waals surface area contributed by atoms with Crippen LogP contribution < -0.4 is 5.32 Å². The van der Waals surface area contributed by atoms with E-state index in [1.165, 1.54) is 19.3 Å². The molecule has 0 aliphatic carbocycles. The Morgan fingerprint density at radius 1 is 1.29 bits per heavy atom. The van der Waals surface area contributed by atoms with Crippen molar-refractivity contribution in [2.45, 2.75) is 64.5 Å². The fourth-order valence-electron chi connectivity index (χ4n) is 2.29. The molecule has 0 radical (unpaired) electrons. The molecule has 0 saturated carbocycles. The van der Waals surface area contributed by atoms with Gasteiger partial charge in [0.15, 0.2) is 0 Å². The van der Waals surface area contributed by atoms with Crippen molar-refractivity contribution >= 4 is 0 Å². The molecule has 2 nitrogen and oxygen atoms in total. The van der Waals surface area contributed by atoms with E-state index in [4.69, 9.17) is 4.74 Å². The largest absolute Gasteiger partial charge is 0.375 e. The molecule has 84 valence electrons. The molecule has 1 saturated heterocycles. The van der Waals surface area contributed by atoms with E-state index in [1.54, 1.807) is 0 Å². The minimum Gasteiger partial charge on any atom is -0.375 e. The molecule has 14 heavy (non-hydrogen) atoms. The van der Waals surface area contributed by atoms with Crippen LogP contribution in [-0.2, 0) is 4.74 Å². The molecule has 1 aliphatic heterocycles. The molecule has 0 amide bonds. The van der Waals surface area contributed by atoms with Gasteiger partial charge >= 0.3 is 0 Å². The highest BCUT2D eigenvalue weighted by Gasteiger charge is 2.33. The van der Waals surface area contributed by atoms with Crippen molar-refractivity contribution in [3.63, 3.8) is 0 Å². The van der Waals surface area contributed by atoms with E-state index in [0.29, 0.717) is 6.04 Å². The summed E-state index contributed by atoms with van der Waals surface area (Å²) in [6.07, 6.45) is 5.89. The lowest BCUT2D eigenvalue weighted by atomic mass is 9.86. The third-order valence-electron chi connectivity index (χ3n) is 3.46. The van der Waals surface area contributed by atoms with Gasteiger partial charge in [-0.15, -0.1) is 0 Å². The predicted octanol–water partition coefficient (Wildman–Crippen LogP) is 2.72. The first-order valence-corrected chi connectivity index (χ1v) is 6.13. The van der Waals surface area contributed by atoms with Crippen molar-refractivity contribution in [3.05, 3.63) is 0 Å². The van der Waals surface area contributed by atoms with Gasteiger partial charge in [0.2, 0.25) is 0 Å². The maximum atomic E-state index is 5.93. The zero-order valence-electron chi connectivity index (χ0n) is 9.94. The van der Waals surface area contributed by atoms with Gasteiger partial charge in [-0.3, -0.25) is 0 Å². The summed E-state index contributed by atoms with van der Waals surface area (Å²) >= 11 is 0. The highest BCUT2D eigenvalue weighted by Crippen LogP contribution is 2.31. The molecule has 0 aromatic heterocycles. The summed E-state index contributed by atoms with van der Waals surface area (Å²) in [6.45, 7) is 8.79. The van der Waals surface area contributed by atoms with E-state index in [-0.39, 0.29) is 5.60 Å². The zero-order chi connectivity index (χ0) is 10.4.